The first-order valence-electron chi connectivity index (χ1n) is 9.51. The van der Waals surface area contributed by atoms with E-state index in [0.29, 0.717) is 0 Å². The van der Waals surface area contributed by atoms with Crippen LogP contribution < -0.4 is 5.32 Å². The Morgan fingerprint density at radius 2 is 1.62 bits per heavy atom. The molecule has 0 spiro atoms. The van der Waals surface area contributed by atoms with E-state index in [4.69, 9.17) is 0 Å². The van der Waals surface area contributed by atoms with Gasteiger partial charge in [-0.15, -0.1) is 0 Å². The van der Waals surface area contributed by atoms with Crippen LogP contribution in [-0.4, -0.2) is 36.6 Å². The predicted molar refractivity (Wildman–Crippen MR) is 94.8 cm³/mol. The van der Waals surface area contributed by atoms with Crippen LogP contribution in [0.4, 0.5) is 0 Å². The molecule has 1 aliphatic carbocycles. The van der Waals surface area contributed by atoms with Crippen LogP contribution >= 0.6 is 0 Å². The number of hydrogen-bond acceptors (Lipinski definition) is 2. The molecule has 0 aromatic heterocycles. The van der Waals surface area contributed by atoms with Crippen molar-refractivity contribution < 1.29 is 0 Å². The molecule has 2 nitrogen and oxygen atoms in total. The molecule has 0 bridgehead atoms. The highest BCUT2D eigenvalue weighted by Gasteiger charge is 2.27. The average Bonchev–Trinajstić information content (AvgIpc) is 2.92. The van der Waals surface area contributed by atoms with Gasteiger partial charge < -0.3 is 5.32 Å². The van der Waals surface area contributed by atoms with Gasteiger partial charge in [-0.1, -0.05) is 53.9 Å². The molecule has 0 radical (unpaired) electrons. The fourth-order valence-electron chi connectivity index (χ4n) is 3.56. The Bertz CT molecular complexity index is 244. The van der Waals surface area contributed by atoms with E-state index in [9.17, 15) is 0 Å². The molecule has 0 amide bonds. The Labute approximate surface area is 134 Å². The van der Waals surface area contributed by atoms with Gasteiger partial charge in [-0.05, 0) is 50.6 Å². The van der Waals surface area contributed by atoms with E-state index in [1.807, 2.05) is 0 Å². The number of nitrogens with one attached hydrogen (secondary N) is 1. The van der Waals surface area contributed by atoms with Crippen molar-refractivity contribution in [3.05, 3.63) is 0 Å². The molecule has 0 aliphatic heterocycles. The Hall–Kier alpha value is -0.0800. The maximum Gasteiger partial charge on any atom is 0.0223 e. The normalized spacial score (nSPS) is 18.3. The molecule has 21 heavy (non-hydrogen) atoms. The first-order chi connectivity index (χ1) is 10.0. The van der Waals surface area contributed by atoms with Crippen molar-refractivity contribution in [2.24, 2.45) is 11.8 Å². The van der Waals surface area contributed by atoms with Crippen LogP contribution in [0.25, 0.3) is 0 Å². The monoisotopic (exact) mass is 296 g/mol. The summed E-state index contributed by atoms with van der Waals surface area (Å²) in [4.78, 5) is 2.88. The van der Waals surface area contributed by atoms with E-state index >= 15 is 0 Å². The van der Waals surface area contributed by atoms with Gasteiger partial charge in [0, 0.05) is 18.6 Å². The fraction of sp³-hybridized carbons (Fsp3) is 1.00. The van der Waals surface area contributed by atoms with Gasteiger partial charge in [-0.25, -0.2) is 0 Å². The second-order valence-electron chi connectivity index (χ2n) is 7.85. The number of nitrogens with zero attached hydrogens (tertiary/aromatic N) is 1. The standard InChI is InChI=1S/C19H40N2/c1-6-9-19(15-20-14-17(4)5)21(13-12-16(2)3)18-10-7-8-11-18/h16-20H,6-15H2,1-5H3. The van der Waals surface area contributed by atoms with Crippen LogP contribution in [0, 0.1) is 11.8 Å². The van der Waals surface area contributed by atoms with E-state index in [0.717, 1.165) is 30.5 Å². The van der Waals surface area contributed by atoms with Crippen LogP contribution in [0.2, 0.25) is 0 Å². The van der Waals surface area contributed by atoms with Crippen molar-refractivity contribution in [2.75, 3.05) is 19.6 Å². The molecular formula is C19H40N2. The van der Waals surface area contributed by atoms with Crippen LogP contribution in [-0.2, 0) is 0 Å². The van der Waals surface area contributed by atoms with E-state index in [2.05, 4.69) is 44.8 Å². The van der Waals surface area contributed by atoms with Gasteiger partial charge in [0.1, 0.15) is 0 Å². The SMILES string of the molecule is CCCC(CNCC(C)C)N(CCC(C)C)C1CCCC1. The average molecular weight is 297 g/mol. The molecule has 1 saturated carbocycles. The van der Waals surface area contributed by atoms with Gasteiger partial charge >= 0.3 is 0 Å². The molecule has 0 aromatic carbocycles. The molecule has 1 fully saturated rings. The van der Waals surface area contributed by atoms with Gasteiger partial charge in [0.25, 0.3) is 0 Å². The zero-order valence-electron chi connectivity index (χ0n) is 15.3. The second-order valence-corrected chi connectivity index (χ2v) is 7.85. The van der Waals surface area contributed by atoms with Crippen LogP contribution in [0.1, 0.15) is 79.6 Å². The van der Waals surface area contributed by atoms with E-state index in [1.165, 1.54) is 58.0 Å². The minimum absolute atomic E-state index is 0.746. The molecule has 2 heteroatoms. The molecule has 126 valence electrons. The first-order valence-corrected chi connectivity index (χ1v) is 9.51. The summed E-state index contributed by atoms with van der Waals surface area (Å²) in [6.45, 7) is 15.3. The minimum Gasteiger partial charge on any atom is -0.315 e. The Morgan fingerprint density at radius 3 is 2.14 bits per heavy atom. The molecule has 0 heterocycles. The van der Waals surface area contributed by atoms with Gasteiger partial charge in [-0.3, -0.25) is 4.90 Å². The summed E-state index contributed by atoms with van der Waals surface area (Å²) in [5.74, 6) is 1.57. The molecule has 1 aliphatic rings. The summed E-state index contributed by atoms with van der Waals surface area (Å²) in [6.07, 6.45) is 9.76. The third-order valence-electron chi connectivity index (χ3n) is 4.78. The summed E-state index contributed by atoms with van der Waals surface area (Å²) >= 11 is 0. The summed E-state index contributed by atoms with van der Waals surface area (Å²) in [5, 5.41) is 3.72. The summed E-state index contributed by atoms with van der Waals surface area (Å²) < 4.78 is 0. The summed E-state index contributed by atoms with van der Waals surface area (Å²) in [7, 11) is 0. The van der Waals surface area contributed by atoms with Crippen LogP contribution in [0.15, 0.2) is 0 Å². The fourth-order valence-corrected chi connectivity index (χ4v) is 3.56. The quantitative estimate of drug-likeness (QED) is 0.595. The Morgan fingerprint density at radius 1 is 0.952 bits per heavy atom. The van der Waals surface area contributed by atoms with Gasteiger partial charge in [0.05, 0.1) is 0 Å². The zero-order chi connectivity index (χ0) is 15.7. The van der Waals surface area contributed by atoms with Gasteiger partial charge in [-0.2, -0.15) is 0 Å². The topological polar surface area (TPSA) is 15.3 Å². The maximum absolute atomic E-state index is 3.72. The molecule has 0 saturated heterocycles. The largest absolute Gasteiger partial charge is 0.315 e. The molecular weight excluding hydrogens is 256 g/mol. The maximum atomic E-state index is 3.72. The highest BCUT2D eigenvalue weighted by Crippen LogP contribution is 2.27. The molecule has 0 aromatic rings. The lowest BCUT2D eigenvalue weighted by molar-refractivity contribution is 0.117. The third-order valence-corrected chi connectivity index (χ3v) is 4.78. The van der Waals surface area contributed by atoms with Gasteiger partial charge in [0.2, 0.25) is 0 Å². The predicted octanol–water partition coefficient (Wildman–Crippen LogP) is 4.69. The smallest absolute Gasteiger partial charge is 0.0223 e. The lowest BCUT2D eigenvalue weighted by Crippen LogP contribution is -2.48. The second kappa shape index (κ2) is 10.6. The lowest BCUT2D eigenvalue weighted by atomic mass is 10.0. The van der Waals surface area contributed by atoms with Crippen molar-refractivity contribution in [2.45, 2.75) is 91.6 Å². The van der Waals surface area contributed by atoms with Crippen molar-refractivity contribution in [1.82, 2.24) is 10.2 Å². The van der Waals surface area contributed by atoms with Crippen LogP contribution in [0.5, 0.6) is 0 Å². The van der Waals surface area contributed by atoms with Crippen molar-refractivity contribution in [3.8, 4) is 0 Å². The van der Waals surface area contributed by atoms with Crippen molar-refractivity contribution in [3.63, 3.8) is 0 Å². The molecule has 1 atom stereocenters. The highest BCUT2D eigenvalue weighted by atomic mass is 15.2. The third kappa shape index (κ3) is 7.65. The zero-order valence-corrected chi connectivity index (χ0v) is 15.3. The first kappa shape index (κ1) is 19.0. The molecule has 1 N–H and O–H groups in total. The van der Waals surface area contributed by atoms with E-state index in [-0.39, 0.29) is 0 Å². The Balaban J connectivity index is 2.58. The van der Waals surface area contributed by atoms with Gasteiger partial charge in [0.15, 0.2) is 0 Å². The van der Waals surface area contributed by atoms with Crippen LogP contribution in [0.3, 0.4) is 0 Å². The van der Waals surface area contributed by atoms with Crippen molar-refractivity contribution in [1.29, 1.82) is 0 Å². The molecule has 1 rings (SSSR count). The number of hydrogen-bond donors (Lipinski definition) is 1. The summed E-state index contributed by atoms with van der Waals surface area (Å²) in [5.41, 5.74) is 0. The lowest BCUT2D eigenvalue weighted by Gasteiger charge is -2.37. The highest BCUT2D eigenvalue weighted by molar-refractivity contribution is 4.84. The van der Waals surface area contributed by atoms with E-state index < -0.39 is 0 Å². The molecule has 1 unspecified atom stereocenters. The Kier molecular flexibility index (Phi) is 9.59. The summed E-state index contributed by atoms with van der Waals surface area (Å²) in [6, 6.07) is 1.61. The number of rotatable bonds is 11. The van der Waals surface area contributed by atoms with Crippen molar-refractivity contribution >= 4 is 0 Å². The minimum atomic E-state index is 0.746. The van der Waals surface area contributed by atoms with E-state index in [1.54, 1.807) is 0 Å².